The zero-order valence-corrected chi connectivity index (χ0v) is 17.3. The van der Waals surface area contributed by atoms with Crippen molar-refractivity contribution in [3.63, 3.8) is 0 Å². The molecule has 0 saturated carbocycles. The van der Waals surface area contributed by atoms with E-state index in [0.29, 0.717) is 17.1 Å². The highest BCUT2D eigenvalue weighted by atomic mass is 35.5. The number of hydrogen-bond acceptors (Lipinski definition) is 3. The fourth-order valence-corrected chi connectivity index (χ4v) is 2.70. The lowest BCUT2D eigenvalue weighted by atomic mass is 10.0. The van der Waals surface area contributed by atoms with E-state index >= 15 is 0 Å². The topological polar surface area (TPSA) is 54.0 Å². The van der Waals surface area contributed by atoms with Crippen LogP contribution < -0.4 is 0 Å². The summed E-state index contributed by atoms with van der Waals surface area (Å²) in [4.78, 5) is 3.98. The zero-order valence-electron chi connectivity index (χ0n) is 16.6. The van der Waals surface area contributed by atoms with Gasteiger partial charge in [0.1, 0.15) is 6.07 Å². The minimum atomic E-state index is 0.441. The van der Waals surface area contributed by atoms with Gasteiger partial charge in [0.25, 0.3) is 0 Å². The SMILES string of the molecule is C=C/C=C(/Cn1nc(C)c(-c2ccc(C#N)c(Cl)c2)c1C)N=C.CCCC. The maximum Gasteiger partial charge on any atom is 0.101 e. The first-order valence-electron chi connectivity index (χ1n) is 8.95. The Labute approximate surface area is 167 Å². The van der Waals surface area contributed by atoms with Crippen LogP contribution in [-0.4, -0.2) is 16.5 Å². The van der Waals surface area contributed by atoms with E-state index in [1.54, 1.807) is 18.2 Å². The molecule has 0 aliphatic rings. The van der Waals surface area contributed by atoms with Crippen molar-refractivity contribution in [2.75, 3.05) is 0 Å². The molecule has 0 spiro atoms. The molecule has 0 radical (unpaired) electrons. The second-order valence-electron chi connectivity index (χ2n) is 6.06. The van der Waals surface area contributed by atoms with Gasteiger partial charge in [-0.3, -0.25) is 9.67 Å². The summed E-state index contributed by atoms with van der Waals surface area (Å²) < 4.78 is 1.88. The van der Waals surface area contributed by atoms with E-state index in [2.05, 4.69) is 43.3 Å². The van der Waals surface area contributed by atoms with Gasteiger partial charge >= 0.3 is 0 Å². The Morgan fingerprint density at radius 3 is 2.48 bits per heavy atom. The maximum absolute atomic E-state index is 8.99. The van der Waals surface area contributed by atoms with Crippen molar-refractivity contribution < 1.29 is 0 Å². The Bertz CT molecular complexity index is 867. The number of rotatable bonds is 6. The van der Waals surface area contributed by atoms with Gasteiger partial charge in [-0.15, -0.1) is 0 Å². The van der Waals surface area contributed by atoms with E-state index in [-0.39, 0.29) is 0 Å². The quantitative estimate of drug-likeness (QED) is 0.436. The summed E-state index contributed by atoms with van der Waals surface area (Å²) in [5.74, 6) is 0. The number of aryl methyl sites for hydroxylation is 1. The Kier molecular flexibility index (Phi) is 9.25. The van der Waals surface area contributed by atoms with E-state index in [4.69, 9.17) is 16.9 Å². The molecule has 0 fully saturated rings. The third-order valence-electron chi connectivity index (χ3n) is 4.08. The minimum absolute atomic E-state index is 0.441. The van der Waals surface area contributed by atoms with E-state index in [1.165, 1.54) is 12.8 Å². The van der Waals surface area contributed by atoms with E-state index < -0.39 is 0 Å². The molecular formula is C22H27ClN4. The highest BCUT2D eigenvalue weighted by molar-refractivity contribution is 6.32. The van der Waals surface area contributed by atoms with Gasteiger partial charge in [-0.1, -0.05) is 57.0 Å². The largest absolute Gasteiger partial charge is 0.267 e. The van der Waals surface area contributed by atoms with E-state index in [1.807, 2.05) is 30.7 Å². The molecule has 4 nitrogen and oxygen atoms in total. The summed E-state index contributed by atoms with van der Waals surface area (Å²) in [6.45, 7) is 16.1. The molecular weight excluding hydrogens is 356 g/mol. The standard InChI is InChI=1S/C18H17ClN4.C4H10/c1-5-6-16(21-4)11-23-13(3)18(12(2)22-23)14-7-8-15(10-20)17(19)9-14;1-3-4-2/h5-9H,1,4,11H2,2-3H3;3-4H2,1-2H3/b16-6-;. The van der Waals surface area contributed by atoms with Crippen molar-refractivity contribution in [2.45, 2.75) is 47.1 Å². The number of nitriles is 1. The van der Waals surface area contributed by atoms with E-state index in [9.17, 15) is 0 Å². The van der Waals surface area contributed by atoms with Crippen molar-refractivity contribution in [1.82, 2.24) is 9.78 Å². The molecule has 0 N–H and O–H groups in total. The molecule has 0 unspecified atom stereocenters. The van der Waals surface area contributed by atoms with Crippen LogP contribution in [0.1, 0.15) is 43.6 Å². The number of benzene rings is 1. The molecule has 0 saturated heterocycles. The predicted molar refractivity (Wildman–Crippen MR) is 115 cm³/mol. The molecule has 0 bridgehead atoms. The highest BCUT2D eigenvalue weighted by Gasteiger charge is 2.15. The monoisotopic (exact) mass is 382 g/mol. The summed E-state index contributed by atoms with van der Waals surface area (Å²) in [6, 6.07) is 7.48. The smallest absolute Gasteiger partial charge is 0.101 e. The lowest BCUT2D eigenvalue weighted by Crippen LogP contribution is -2.04. The van der Waals surface area contributed by atoms with Gasteiger partial charge in [-0.25, -0.2) is 0 Å². The maximum atomic E-state index is 8.99. The van der Waals surface area contributed by atoms with Crippen LogP contribution in [0.2, 0.25) is 5.02 Å². The Morgan fingerprint density at radius 2 is 2.00 bits per heavy atom. The molecule has 0 atom stereocenters. The molecule has 27 heavy (non-hydrogen) atoms. The third-order valence-corrected chi connectivity index (χ3v) is 4.40. The molecule has 0 aliphatic heterocycles. The average molecular weight is 383 g/mol. The first-order valence-corrected chi connectivity index (χ1v) is 9.33. The summed E-state index contributed by atoms with van der Waals surface area (Å²) in [7, 11) is 0. The predicted octanol–water partition coefficient (Wildman–Crippen LogP) is 6.27. The van der Waals surface area contributed by atoms with Crippen LogP contribution in [0.4, 0.5) is 0 Å². The number of halogens is 1. The second kappa shape index (κ2) is 11.2. The van der Waals surface area contributed by atoms with Crippen molar-refractivity contribution in [3.8, 4) is 17.2 Å². The van der Waals surface area contributed by atoms with Gasteiger partial charge in [0.2, 0.25) is 0 Å². The molecule has 0 amide bonds. The molecule has 0 aliphatic carbocycles. The summed E-state index contributed by atoms with van der Waals surface area (Å²) in [5.41, 5.74) is 5.10. The summed E-state index contributed by atoms with van der Waals surface area (Å²) >= 11 is 6.15. The lowest BCUT2D eigenvalue weighted by Gasteiger charge is -2.07. The van der Waals surface area contributed by atoms with Gasteiger partial charge < -0.3 is 0 Å². The van der Waals surface area contributed by atoms with Gasteiger partial charge in [0, 0.05) is 11.3 Å². The van der Waals surface area contributed by atoms with Crippen molar-refractivity contribution >= 4 is 18.3 Å². The van der Waals surface area contributed by atoms with Crippen LogP contribution >= 0.6 is 11.6 Å². The molecule has 1 aromatic carbocycles. The van der Waals surface area contributed by atoms with E-state index in [0.717, 1.165) is 28.2 Å². The number of unbranched alkanes of at least 4 members (excludes halogenated alkanes) is 1. The van der Waals surface area contributed by atoms with Crippen molar-refractivity contribution in [2.24, 2.45) is 4.99 Å². The minimum Gasteiger partial charge on any atom is -0.267 e. The lowest BCUT2D eigenvalue weighted by molar-refractivity contribution is 0.647. The molecule has 1 heterocycles. The van der Waals surface area contributed by atoms with Crippen LogP contribution in [0.3, 0.4) is 0 Å². The third kappa shape index (κ3) is 5.94. The van der Waals surface area contributed by atoms with Crippen molar-refractivity contribution in [1.29, 1.82) is 5.26 Å². The number of allylic oxidation sites excluding steroid dienone is 3. The van der Waals surface area contributed by atoms with Gasteiger partial charge in [0.15, 0.2) is 0 Å². The van der Waals surface area contributed by atoms with Crippen LogP contribution in [0.25, 0.3) is 11.1 Å². The number of aromatic nitrogens is 2. The van der Waals surface area contributed by atoms with Crippen molar-refractivity contribution in [3.05, 3.63) is 64.6 Å². The molecule has 2 rings (SSSR count). The van der Waals surface area contributed by atoms with Gasteiger partial charge in [-0.05, 0) is 44.3 Å². The van der Waals surface area contributed by atoms with Crippen LogP contribution in [0.5, 0.6) is 0 Å². The molecule has 142 valence electrons. The fraction of sp³-hybridized carbons (Fsp3) is 0.318. The zero-order chi connectivity index (χ0) is 20.4. The Hall–Kier alpha value is -2.64. The van der Waals surface area contributed by atoms with Crippen LogP contribution in [0, 0.1) is 25.2 Å². The first-order chi connectivity index (χ1) is 12.9. The number of aliphatic imine (C=N–C) groups is 1. The second-order valence-corrected chi connectivity index (χ2v) is 6.47. The average Bonchev–Trinajstić information content (AvgIpc) is 2.94. The normalized spacial score (nSPS) is 10.6. The molecule has 2 aromatic rings. The highest BCUT2D eigenvalue weighted by Crippen LogP contribution is 2.30. The van der Waals surface area contributed by atoms with Crippen LogP contribution in [-0.2, 0) is 6.54 Å². The van der Waals surface area contributed by atoms with Crippen LogP contribution in [0.15, 0.2) is 47.6 Å². The molecule has 1 aromatic heterocycles. The number of nitrogens with zero attached hydrogens (tertiary/aromatic N) is 4. The fourth-order valence-electron chi connectivity index (χ4n) is 2.47. The van der Waals surface area contributed by atoms with Gasteiger partial charge in [-0.2, -0.15) is 10.4 Å². The molecule has 5 heteroatoms. The Morgan fingerprint density at radius 1 is 1.33 bits per heavy atom. The summed E-state index contributed by atoms with van der Waals surface area (Å²) in [5, 5.41) is 14.0. The summed E-state index contributed by atoms with van der Waals surface area (Å²) in [6.07, 6.45) is 6.12. The first kappa shape index (κ1) is 22.4. The number of hydrogen-bond donors (Lipinski definition) is 0. The van der Waals surface area contributed by atoms with Gasteiger partial charge in [0.05, 0.1) is 28.5 Å². The Balaban J connectivity index is 0.000000828.